The Hall–Kier alpha value is -2.76. The molecule has 4 rings (SSSR count). The van der Waals surface area contributed by atoms with Gasteiger partial charge in [0.1, 0.15) is 5.52 Å². The molecule has 2 aromatic carbocycles. The van der Waals surface area contributed by atoms with E-state index >= 15 is 0 Å². The molecule has 0 spiro atoms. The third-order valence-electron chi connectivity index (χ3n) is 3.45. The normalized spacial score (nSPS) is 11.4. The molecule has 0 amide bonds. The third kappa shape index (κ3) is 3.52. The fourth-order valence-electron chi connectivity index (χ4n) is 2.33. The standard InChI is InChI=1S/C18H10Cl2N4O/c19-13-6-12(7-14(20)8-13)18-24-16-2-1-11(5-17(16)25-18)9-21-15-3-4-22-23-10-15/h1-10H. The molecule has 122 valence electrons. The van der Waals surface area contributed by atoms with Crippen LogP contribution in [0.2, 0.25) is 10.0 Å². The molecule has 0 saturated heterocycles. The number of hydrogen-bond acceptors (Lipinski definition) is 5. The van der Waals surface area contributed by atoms with E-state index < -0.39 is 0 Å². The van der Waals surface area contributed by atoms with E-state index in [0.717, 1.165) is 22.3 Å². The topological polar surface area (TPSA) is 64.2 Å². The molecule has 0 bridgehead atoms. The van der Waals surface area contributed by atoms with E-state index in [1.165, 1.54) is 0 Å². The van der Waals surface area contributed by atoms with Crippen LogP contribution in [0.1, 0.15) is 5.56 Å². The second kappa shape index (κ2) is 6.63. The van der Waals surface area contributed by atoms with Gasteiger partial charge in [-0.05, 0) is 42.0 Å². The van der Waals surface area contributed by atoms with Gasteiger partial charge in [-0.2, -0.15) is 10.2 Å². The Balaban J connectivity index is 1.68. The van der Waals surface area contributed by atoms with E-state index in [2.05, 4.69) is 20.2 Å². The summed E-state index contributed by atoms with van der Waals surface area (Å²) >= 11 is 12.1. The molecule has 0 atom stereocenters. The Morgan fingerprint density at radius 3 is 2.56 bits per heavy atom. The first kappa shape index (κ1) is 15.7. The average Bonchev–Trinajstić information content (AvgIpc) is 3.03. The molecule has 2 aromatic heterocycles. The van der Waals surface area contributed by atoms with Crippen LogP contribution >= 0.6 is 23.2 Å². The molecule has 0 fully saturated rings. The lowest BCUT2D eigenvalue weighted by atomic mass is 10.2. The van der Waals surface area contributed by atoms with Crippen molar-refractivity contribution in [1.82, 2.24) is 15.2 Å². The van der Waals surface area contributed by atoms with Crippen molar-refractivity contribution in [2.45, 2.75) is 0 Å². The van der Waals surface area contributed by atoms with Crippen LogP contribution in [0, 0.1) is 0 Å². The summed E-state index contributed by atoms with van der Waals surface area (Å²) in [5.74, 6) is 0.465. The first-order valence-corrected chi connectivity index (χ1v) is 8.11. The molecule has 5 nitrogen and oxygen atoms in total. The van der Waals surface area contributed by atoms with Crippen molar-refractivity contribution in [3.05, 3.63) is 70.5 Å². The van der Waals surface area contributed by atoms with E-state index in [1.807, 2.05) is 18.2 Å². The summed E-state index contributed by atoms with van der Waals surface area (Å²) < 4.78 is 5.84. The number of aromatic nitrogens is 3. The van der Waals surface area contributed by atoms with Crippen LogP contribution in [-0.4, -0.2) is 21.4 Å². The second-order valence-electron chi connectivity index (χ2n) is 5.26. The van der Waals surface area contributed by atoms with Crippen molar-refractivity contribution in [2.24, 2.45) is 4.99 Å². The molecular weight excluding hydrogens is 359 g/mol. The summed E-state index contributed by atoms with van der Waals surface area (Å²) in [6, 6.07) is 12.6. The average molecular weight is 369 g/mol. The molecule has 25 heavy (non-hydrogen) atoms. The number of nitrogens with zero attached hydrogens (tertiary/aromatic N) is 4. The van der Waals surface area contributed by atoms with Crippen molar-refractivity contribution >= 4 is 46.2 Å². The van der Waals surface area contributed by atoms with Crippen molar-refractivity contribution in [2.75, 3.05) is 0 Å². The highest BCUT2D eigenvalue weighted by Gasteiger charge is 2.10. The molecule has 0 saturated carbocycles. The van der Waals surface area contributed by atoms with Gasteiger partial charge in [0.05, 0.1) is 18.1 Å². The minimum Gasteiger partial charge on any atom is -0.436 e. The smallest absolute Gasteiger partial charge is 0.227 e. The zero-order valence-corrected chi connectivity index (χ0v) is 14.2. The number of benzene rings is 2. The number of rotatable bonds is 3. The molecule has 0 aliphatic heterocycles. The SMILES string of the molecule is Clc1cc(Cl)cc(-c2nc3ccc(C=Nc4ccnnc4)cc3o2)c1. The zero-order chi connectivity index (χ0) is 17.2. The Kier molecular flexibility index (Phi) is 4.17. The number of oxazole rings is 1. The summed E-state index contributed by atoms with van der Waals surface area (Å²) in [7, 11) is 0. The van der Waals surface area contributed by atoms with E-state index in [9.17, 15) is 0 Å². The molecule has 0 unspecified atom stereocenters. The van der Waals surface area contributed by atoms with Crippen LogP contribution in [0.5, 0.6) is 0 Å². The monoisotopic (exact) mass is 368 g/mol. The number of aliphatic imine (C=N–C) groups is 1. The Morgan fingerprint density at radius 1 is 0.960 bits per heavy atom. The van der Waals surface area contributed by atoms with E-state index in [0.29, 0.717) is 21.5 Å². The van der Waals surface area contributed by atoms with Gasteiger partial charge < -0.3 is 4.42 Å². The lowest BCUT2D eigenvalue weighted by Gasteiger charge is -1.97. The summed E-state index contributed by atoms with van der Waals surface area (Å²) in [5.41, 5.74) is 3.74. The quantitative estimate of drug-likeness (QED) is 0.457. The lowest BCUT2D eigenvalue weighted by Crippen LogP contribution is -1.81. The maximum absolute atomic E-state index is 6.04. The largest absolute Gasteiger partial charge is 0.436 e. The summed E-state index contributed by atoms with van der Waals surface area (Å²) in [6.07, 6.45) is 4.91. The predicted octanol–water partition coefficient (Wildman–Crippen LogP) is 5.34. The Morgan fingerprint density at radius 2 is 1.80 bits per heavy atom. The van der Waals surface area contributed by atoms with Gasteiger partial charge in [0.2, 0.25) is 5.89 Å². The van der Waals surface area contributed by atoms with Gasteiger partial charge >= 0.3 is 0 Å². The van der Waals surface area contributed by atoms with Gasteiger partial charge in [-0.1, -0.05) is 29.3 Å². The van der Waals surface area contributed by atoms with Crippen molar-refractivity contribution in [1.29, 1.82) is 0 Å². The maximum atomic E-state index is 6.04. The fraction of sp³-hybridized carbons (Fsp3) is 0. The molecule has 7 heteroatoms. The van der Waals surface area contributed by atoms with Crippen LogP contribution < -0.4 is 0 Å². The Bertz CT molecular complexity index is 1060. The minimum atomic E-state index is 0.465. The van der Waals surface area contributed by atoms with Gasteiger partial charge in [0.15, 0.2) is 5.58 Å². The van der Waals surface area contributed by atoms with Crippen molar-refractivity contribution < 1.29 is 4.42 Å². The van der Waals surface area contributed by atoms with Gasteiger partial charge in [0.25, 0.3) is 0 Å². The van der Waals surface area contributed by atoms with Gasteiger partial charge in [-0.3, -0.25) is 4.99 Å². The van der Waals surface area contributed by atoms with Crippen LogP contribution in [0.25, 0.3) is 22.6 Å². The van der Waals surface area contributed by atoms with E-state index in [-0.39, 0.29) is 0 Å². The molecule has 0 radical (unpaired) electrons. The molecule has 2 heterocycles. The Labute approximate surface area is 153 Å². The molecule has 0 aliphatic rings. The van der Waals surface area contributed by atoms with Gasteiger partial charge in [-0.25, -0.2) is 4.98 Å². The zero-order valence-electron chi connectivity index (χ0n) is 12.7. The summed E-state index contributed by atoms with van der Waals surface area (Å²) in [6.45, 7) is 0. The van der Waals surface area contributed by atoms with Crippen molar-refractivity contribution in [3.8, 4) is 11.5 Å². The number of fused-ring (bicyclic) bond motifs is 1. The van der Waals surface area contributed by atoms with Crippen molar-refractivity contribution in [3.63, 3.8) is 0 Å². The van der Waals surface area contributed by atoms with Gasteiger partial charge in [0, 0.05) is 21.8 Å². The second-order valence-corrected chi connectivity index (χ2v) is 6.14. The molecule has 0 N–H and O–H groups in total. The fourth-order valence-corrected chi connectivity index (χ4v) is 2.86. The molecular formula is C18H10Cl2N4O. The summed E-state index contributed by atoms with van der Waals surface area (Å²) in [4.78, 5) is 8.82. The third-order valence-corrected chi connectivity index (χ3v) is 3.89. The van der Waals surface area contributed by atoms with E-state index in [4.69, 9.17) is 27.6 Å². The summed E-state index contributed by atoms with van der Waals surface area (Å²) in [5, 5.41) is 8.57. The van der Waals surface area contributed by atoms with Crippen LogP contribution in [0.15, 0.2) is 64.3 Å². The number of halogens is 2. The first-order chi connectivity index (χ1) is 12.2. The predicted molar refractivity (Wildman–Crippen MR) is 98.8 cm³/mol. The highest BCUT2D eigenvalue weighted by atomic mass is 35.5. The first-order valence-electron chi connectivity index (χ1n) is 7.35. The van der Waals surface area contributed by atoms with Crippen LogP contribution in [0.4, 0.5) is 5.69 Å². The highest BCUT2D eigenvalue weighted by Crippen LogP contribution is 2.29. The van der Waals surface area contributed by atoms with E-state index in [1.54, 1.807) is 42.9 Å². The van der Waals surface area contributed by atoms with Crippen LogP contribution in [-0.2, 0) is 0 Å². The van der Waals surface area contributed by atoms with Gasteiger partial charge in [-0.15, -0.1) is 0 Å². The minimum absolute atomic E-state index is 0.465. The maximum Gasteiger partial charge on any atom is 0.227 e. The highest BCUT2D eigenvalue weighted by molar-refractivity contribution is 6.35. The number of hydrogen-bond donors (Lipinski definition) is 0. The lowest BCUT2D eigenvalue weighted by molar-refractivity contribution is 0.620. The van der Waals surface area contributed by atoms with Crippen LogP contribution in [0.3, 0.4) is 0 Å². The molecule has 4 aromatic rings. The molecule has 0 aliphatic carbocycles.